The first-order valence-electron chi connectivity index (χ1n) is 7.31. The maximum absolute atomic E-state index is 12.7. The van der Waals surface area contributed by atoms with Crippen molar-refractivity contribution in [3.8, 4) is 0 Å². The van der Waals surface area contributed by atoms with Crippen LogP contribution < -0.4 is 5.32 Å². The van der Waals surface area contributed by atoms with E-state index >= 15 is 0 Å². The minimum absolute atomic E-state index is 0. The minimum Gasteiger partial charge on any atom is -0.322 e. The summed E-state index contributed by atoms with van der Waals surface area (Å²) in [5, 5.41) is 3.11. The second-order valence-corrected chi connectivity index (χ2v) is 11.3. The third kappa shape index (κ3) is 5.73. The predicted molar refractivity (Wildman–Crippen MR) is 94.2 cm³/mol. The molecule has 1 atom stereocenters. The zero-order valence-corrected chi connectivity index (χ0v) is 18.3. The van der Waals surface area contributed by atoms with Crippen LogP contribution in [0.5, 0.6) is 0 Å². The summed E-state index contributed by atoms with van der Waals surface area (Å²) in [6, 6.07) is 3.66. The van der Waals surface area contributed by atoms with Gasteiger partial charge in [-0.3, -0.25) is 4.79 Å². The van der Waals surface area contributed by atoms with Crippen LogP contribution in [0.1, 0.15) is 30.9 Å². The van der Waals surface area contributed by atoms with Crippen molar-refractivity contribution < 1.29 is 37.5 Å². The summed E-state index contributed by atoms with van der Waals surface area (Å²) in [5.74, 6) is 0.124. The first kappa shape index (κ1) is 21.7. The van der Waals surface area contributed by atoms with E-state index in [1.165, 1.54) is 0 Å². The van der Waals surface area contributed by atoms with E-state index in [1.54, 1.807) is 0 Å². The Bertz CT molecular complexity index is 550. The Morgan fingerprint density at radius 3 is 2.14 bits per heavy atom. The van der Waals surface area contributed by atoms with Crippen LogP contribution in [0, 0.1) is 20.4 Å². The number of carbonyl (C=O) groups excluding carboxylic acids is 1. The van der Waals surface area contributed by atoms with Gasteiger partial charge in [0.25, 0.3) is 5.91 Å². The van der Waals surface area contributed by atoms with Crippen LogP contribution >= 0.6 is 7.26 Å². The van der Waals surface area contributed by atoms with Crippen LogP contribution in [0.2, 0.25) is 0 Å². The SMILES string of the molecule is [C-]#[N+]c1cc(C)c(NC(=O)C(CCC)[P+](C)(C)C)c(C)c1.[Y]. The normalized spacial score (nSPS) is 12.0. The monoisotopic (exact) mass is 394 g/mol. The molecule has 0 bridgehead atoms. The second-order valence-electron chi connectivity index (χ2n) is 6.48. The van der Waals surface area contributed by atoms with Crippen molar-refractivity contribution >= 4 is 24.5 Å². The van der Waals surface area contributed by atoms with E-state index in [-0.39, 0.29) is 44.3 Å². The molecule has 1 amide bonds. The zero-order valence-electron chi connectivity index (χ0n) is 14.5. The van der Waals surface area contributed by atoms with Gasteiger partial charge in [-0.1, -0.05) is 25.5 Å². The molecule has 22 heavy (non-hydrogen) atoms. The van der Waals surface area contributed by atoms with Gasteiger partial charge in [0.1, 0.15) is 5.66 Å². The molecule has 0 saturated heterocycles. The van der Waals surface area contributed by atoms with Gasteiger partial charge in [0.2, 0.25) is 0 Å². The van der Waals surface area contributed by atoms with Gasteiger partial charge in [0.05, 0.1) is 6.57 Å². The van der Waals surface area contributed by atoms with Crippen molar-refractivity contribution in [1.82, 2.24) is 0 Å². The summed E-state index contributed by atoms with van der Waals surface area (Å²) >= 11 is 0. The molecule has 3 nitrogen and oxygen atoms in total. The summed E-state index contributed by atoms with van der Waals surface area (Å²) in [4.78, 5) is 16.1. The molecule has 1 unspecified atom stereocenters. The fraction of sp³-hybridized carbons (Fsp3) is 0.529. The summed E-state index contributed by atoms with van der Waals surface area (Å²) in [6.45, 7) is 19.8. The molecule has 5 heteroatoms. The number of benzene rings is 1. The molecule has 0 aliphatic carbocycles. The molecule has 1 radical (unpaired) electrons. The molecule has 1 aromatic carbocycles. The van der Waals surface area contributed by atoms with Gasteiger partial charge in [-0.25, -0.2) is 4.85 Å². The zero-order chi connectivity index (χ0) is 16.2. The Morgan fingerprint density at radius 1 is 1.27 bits per heavy atom. The van der Waals surface area contributed by atoms with E-state index in [1.807, 2.05) is 26.0 Å². The van der Waals surface area contributed by atoms with Crippen LogP contribution in [0.15, 0.2) is 12.1 Å². The van der Waals surface area contributed by atoms with Gasteiger partial charge >= 0.3 is 0 Å². The number of aryl methyl sites for hydroxylation is 2. The molecule has 1 rings (SSSR count). The van der Waals surface area contributed by atoms with E-state index in [4.69, 9.17) is 6.57 Å². The summed E-state index contributed by atoms with van der Waals surface area (Å²) in [6.07, 6.45) is 1.95. The molecular weight excluding hydrogens is 368 g/mol. The van der Waals surface area contributed by atoms with Crippen LogP contribution in [0.4, 0.5) is 11.4 Å². The third-order valence-corrected chi connectivity index (χ3v) is 6.06. The molecule has 0 aliphatic heterocycles. The topological polar surface area (TPSA) is 33.5 Å². The van der Waals surface area contributed by atoms with Crippen molar-refractivity contribution in [3.63, 3.8) is 0 Å². The maximum atomic E-state index is 12.7. The van der Waals surface area contributed by atoms with Crippen LogP contribution in [-0.2, 0) is 37.5 Å². The van der Waals surface area contributed by atoms with E-state index < -0.39 is 7.26 Å². The molecule has 117 valence electrons. The smallest absolute Gasteiger partial charge is 0.265 e. The first-order chi connectivity index (χ1) is 9.70. The third-order valence-electron chi connectivity index (χ3n) is 3.69. The van der Waals surface area contributed by atoms with Gasteiger partial charge in [-0.15, -0.1) is 0 Å². The Balaban J connectivity index is 0.00000441. The Kier molecular flexibility index (Phi) is 9.00. The van der Waals surface area contributed by atoms with E-state index in [2.05, 4.69) is 37.1 Å². The molecule has 0 saturated carbocycles. The molecule has 0 aliphatic rings. The molecule has 0 spiro atoms. The van der Waals surface area contributed by atoms with E-state index in [0.29, 0.717) is 5.69 Å². The molecular formula is C17H26N2OPY+. The Morgan fingerprint density at radius 2 is 1.77 bits per heavy atom. The number of amides is 1. The summed E-state index contributed by atoms with van der Waals surface area (Å²) < 4.78 is 0. The van der Waals surface area contributed by atoms with Gasteiger partial charge in [0, 0.05) is 65.7 Å². The fourth-order valence-electron chi connectivity index (χ4n) is 2.55. The van der Waals surface area contributed by atoms with Gasteiger partial charge in [-0.2, -0.15) is 0 Å². The number of rotatable bonds is 5. The standard InChI is InChI=1S/C17H25N2OP.Y/c1-8-9-15(21(5,6)7)17(20)19-16-12(2)10-14(18-4)11-13(16)3;/h10-11,15H,8-9H2,1-3,5-7H3;/p+1. The maximum Gasteiger partial charge on any atom is 0.265 e. The number of nitrogens with zero attached hydrogens (tertiary/aromatic N) is 1. The van der Waals surface area contributed by atoms with Crippen LogP contribution in [-0.4, -0.2) is 31.6 Å². The molecule has 0 fully saturated rings. The quantitative estimate of drug-likeness (QED) is 0.561. The van der Waals surface area contributed by atoms with Crippen molar-refractivity contribution in [2.75, 3.05) is 25.3 Å². The van der Waals surface area contributed by atoms with Crippen LogP contribution in [0.3, 0.4) is 0 Å². The average Bonchev–Trinajstić information content (AvgIpc) is 2.38. The largest absolute Gasteiger partial charge is 0.322 e. The second kappa shape index (κ2) is 9.12. The molecule has 1 aromatic rings. The summed E-state index contributed by atoms with van der Waals surface area (Å²) in [5.41, 5.74) is 3.49. The molecule has 1 N–H and O–H groups in total. The van der Waals surface area contributed by atoms with Crippen molar-refractivity contribution in [1.29, 1.82) is 0 Å². The minimum atomic E-state index is -1.24. The predicted octanol–water partition coefficient (Wildman–Crippen LogP) is 4.87. The number of carbonyl (C=O) groups is 1. The van der Waals surface area contributed by atoms with Gasteiger partial charge in [0.15, 0.2) is 5.69 Å². The molecule has 0 heterocycles. The van der Waals surface area contributed by atoms with Crippen LogP contribution in [0.25, 0.3) is 4.85 Å². The van der Waals surface area contributed by atoms with Gasteiger partial charge < -0.3 is 5.32 Å². The number of hydrogen-bond donors (Lipinski definition) is 1. The van der Waals surface area contributed by atoms with Crippen molar-refractivity contribution in [2.24, 2.45) is 0 Å². The first-order valence-corrected chi connectivity index (χ1v) is 10.5. The fourth-order valence-corrected chi connectivity index (χ4v) is 4.35. The molecule has 0 aromatic heterocycles. The van der Waals surface area contributed by atoms with Gasteiger partial charge in [-0.05, 0) is 31.4 Å². The van der Waals surface area contributed by atoms with Crippen molar-refractivity contribution in [2.45, 2.75) is 39.3 Å². The summed E-state index contributed by atoms with van der Waals surface area (Å²) in [7, 11) is -1.24. The van der Waals surface area contributed by atoms with E-state index in [9.17, 15) is 4.79 Å². The Hall–Kier alpha value is -0.286. The number of hydrogen-bond acceptors (Lipinski definition) is 1. The Labute approximate surface area is 160 Å². The van der Waals surface area contributed by atoms with Crippen molar-refractivity contribution in [3.05, 3.63) is 34.7 Å². The van der Waals surface area contributed by atoms with E-state index in [0.717, 1.165) is 29.7 Å². The number of anilines is 1. The average molecular weight is 394 g/mol. The number of nitrogens with one attached hydrogen (secondary N) is 1.